The summed E-state index contributed by atoms with van der Waals surface area (Å²) < 4.78 is 13.3. The zero-order valence-electron chi connectivity index (χ0n) is 11.1. The van der Waals surface area contributed by atoms with Crippen LogP contribution in [0.3, 0.4) is 0 Å². The lowest BCUT2D eigenvalue weighted by Crippen LogP contribution is -2.00. The highest BCUT2D eigenvalue weighted by Gasteiger charge is 2.14. The van der Waals surface area contributed by atoms with Gasteiger partial charge in [0.2, 0.25) is 0 Å². The Morgan fingerprint density at radius 2 is 1.90 bits per heavy atom. The molecule has 0 spiro atoms. The molecule has 20 heavy (non-hydrogen) atoms. The van der Waals surface area contributed by atoms with E-state index >= 15 is 0 Å². The van der Waals surface area contributed by atoms with Crippen LogP contribution in [0.5, 0.6) is 0 Å². The van der Waals surface area contributed by atoms with E-state index in [-0.39, 0.29) is 11.6 Å². The summed E-state index contributed by atoms with van der Waals surface area (Å²) >= 11 is 0. The number of halogens is 1. The van der Waals surface area contributed by atoms with Crippen molar-refractivity contribution in [2.24, 2.45) is 0 Å². The standard InChI is InChI=1S/C17H14FNO/c1-2-11-3-5-12(6-4-11)17(20)15-10-19-16-8-7-13(18)9-14(15)16/h3-10,19H,2H2,1H3. The van der Waals surface area contributed by atoms with Gasteiger partial charge in [0, 0.05) is 28.2 Å². The minimum atomic E-state index is -0.340. The zero-order valence-corrected chi connectivity index (χ0v) is 11.1. The number of fused-ring (bicyclic) bond motifs is 1. The van der Waals surface area contributed by atoms with Crippen molar-refractivity contribution in [3.8, 4) is 0 Å². The van der Waals surface area contributed by atoms with Crippen LogP contribution < -0.4 is 0 Å². The molecule has 2 aromatic carbocycles. The summed E-state index contributed by atoms with van der Waals surface area (Å²) in [6.07, 6.45) is 2.58. The van der Waals surface area contributed by atoms with Gasteiger partial charge in [0.15, 0.2) is 5.78 Å². The third-order valence-corrected chi connectivity index (χ3v) is 3.51. The van der Waals surface area contributed by atoms with Gasteiger partial charge in [-0.1, -0.05) is 31.2 Å². The summed E-state index contributed by atoms with van der Waals surface area (Å²) in [4.78, 5) is 15.5. The quantitative estimate of drug-likeness (QED) is 0.712. The molecule has 0 aliphatic carbocycles. The van der Waals surface area contributed by atoms with E-state index in [4.69, 9.17) is 0 Å². The molecule has 3 aromatic rings. The Balaban J connectivity index is 2.05. The van der Waals surface area contributed by atoms with Crippen LogP contribution in [0.25, 0.3) is 10.9 Å². The monoisotopic (exact) mass is 267 g/mol. The van der Waals surface area contributed by atoms with E-state index in [0.717, 1.165) is 11.9 Å². The van der Waals surface area contributed by atoms with Crippen LogP contribution in [0.4, 0.5) is 4.39 Å². The van der Waals surface area contributed by atoms with Crippen LogP contribution in [0, 0.1) is 5.82 Å². The third kappa shape index (κ3) is 2.11. The molecule has 3 rings (SSSR count). The molecule has 0 aliphatic rings. The second-order valence-electron chi connectivity index (χ2n) is 4.77. The van der Waals surface area contributed by atoms with Crippen molar-refractivity contribution >= 4 is 16.7 Å². The highest BCUT2D eigenvalue weighted by atomic mass is 19.1. The number of H-pyrrole nitrogens is 1. The molecule has 1 heterocycles. The van der Waals surface area contributed by atoms with E-state index in [0.29, 0.717) is 16.5 Å². The first-order valence-corrected chi connectivity index (χ1v) is 6.59. The van der Waals surface area contributed by atoms with Gasteiger partial charge in [0.1, 0.15) is 5.82 Å². The van der Waals surface area contributed by atoms with E-state index in [2.05, 4.69) is 11.9 Å². The van der Waals surface area contributed by atoms with Crippen molar-refractivity contribution in [3.05, 3.63) is 71.2 Å². The number of ketones is 1. The summed E-state index contributed by atoms with van der Waals surface area (Å²) in [7, 11) is 0. The lowest BCUT2D eigenvalue weighted by molar-refractivity contribution is 0.104. The van der Waals surface area contributed by atoms with Gasteiger partial charge in [0.05, 0.1) is 0 Å². The number of carbonyl (C=O) groups excluding carboxylic acids is 1. The summed E-state index contributed by atoms with van der Waals surface area (Å²) in [6, 6.07) is 11.9. The van der Waals surface area contributed by atoms with Gasteiger partial charge in [-0.3, -0.25) is 4.79 Å². The smallest absolute Gasteiger partial charge is 0.195 e. The van der Waals surface area contributed by atoms with Crippen LogP contribution in [-0.2, 0) is 6.42 Å². The molecule has 3 heteroatoms. The minimum absolute atomic E-state index is 0.0931. The maximum absolute atomic E-state index is 13.3. The summed E-state index contributed by atoms with van der Waals surface area (Å²) in [5.74, 6) is -0.433. The molecule has 100 valence electrons. The van der Waals surface area contributed by atoms with Gasteiger partial charge in [-0.15, -0.1) is 0 Å². The maximum Gasteiger partial charge on any atom is 0.195 e. The average Bonchev–Trinajstić information content (AvgIpc) is 2.89. The molecule has 1 aromatic heterocycles. The molecule has 0 saturated heterocycles. The number of rotatable bonds is 3. The van der Waals surface area contributed by atoms with Gasteiger partial charge >= 0.3 is 0 Å². The Bertz CT molecular complexity index is 771. The molecule has 0 amide bonds. The van der Waals surface area contributed by atoms with Crippen LogP contribution >= 0.6 is 0 Å². The van der Waals surface area contributed by atoms with Crippen LogP contribution in [0.15, 0.2) is 48.7 Å². The highest BCUT2D eigenvalue weighted by molar-refractivity contribution is 6.16. The molecular weight excluding hydrogens is 253 g/mol. The largest absolute Gasteiger partial charge is 0.360 e. The highest BCUT2D eigenvalue weighted by Crippen LogP contribution is 2.22. The van der Waals surface area contributed by atoms with Gasteiger partial charge in [0.25, 0.3) is 0 Å². The lowest BCUT2D eigenvalue weighted by Gasteiger charge is -2.02. The number of nitrogens with one attached hydrogen (secondary N) is 1. The number of hydrogen-bond donors (Lipinski definition) is 1. The van der Waals surface area contributed by atoms with Crippen molar-refractivity contribution in [2.45, 2.75) is 13.3 Å². The number of hydrogen-bond acceptors (Lipinski definition) is 1. The first-order chi connectivity index (χ1) is 9.69. The number of aromatic nitrogens is 1. The molecule has 0 fully saturated rings. The molecule has 0 atom stereocenters. The number of carbonyl (C=O) groups is 1. The van der Waals surface area contributed by atoms with Crippen LogP contribution in [-0.4, -0.2) is 10.8 Å². The summed E-state index contributed by atoms with van der Waals surface area (Å²) in [5.41, 5.74) is 3.07. The van der Waals surface area contributed by atoms with E-state index in [1.54, 1.807) is 12.3 Å². The molecule has 0 bridgehead atoms. The first-order valence-electron chi connectivity index (χ1n) is 6.59. The normalized spacial score (nSPS) is 10.9. The topological polar surface area (TPSA) is 32.9 Å². The fraction of sp³-hybridized carbons (Fsp3) is 0.118. The maximum atomic E-state index is 13.3. The molecule has 2 nitrogen and oxygen atoms in total. The Labute approximate surface area is 116 Å². The summed E-state index contributed by atoms with van der Waals surface area (Å²) in [5, 5.41) is 0.620. The van der Waals surface area contributed by atoms with Crippen molar-refractivity contribution < 1.29 is 9.18 Å². The van der Waals surface area contributed by atoms with Gasteiger partial charge in [-0.25, -0.2) is 4.39 Å². The Morgan fingerprint density at radius 1 is 1.15 bits per heavy atom. The predicted molar refractivity (Wildman–Crippen MR) is 77.5 cm³/mol. The number of aromatic amines is 1. The predicted octanol–water partition coefficient (Wildman–Crippen LogP) is 4.10. The van der Waals surface area contributed by atoms with E-state index in [1.165, 1.54) is 17.7 Å². The SMILES string of the molecule is CCc1ccc(C(=O)c2c[nH]c3ccc(F)cc23)cc1. The Morgan fingerprint density at radius 3 is 2.60 bits per heavy atom. The fourth-order valence-corrected chi connectivity index (χ4v) is 2.33. The second-order valence-corrected chi connectivity index (χ2v) is 4.77. The molecular formula is C17H14FNO. The van der Waals surface area contributed by atoms with Crippen molar-refractivity contribution in [2.75, 3.05) is 0 Å². The lowest BCUT2D eigenvalue weighted by atomic mass is 10.0. The zero-order chi connectivity index (χ0) is 14.1. The van der Waals surface area contributed by atoms with Crippen molar-refractivity contribution in [3.63, 3.8) is 0 Å². The third-order valence-electron chi connectivity index (χ3n) is 3.51. The van der Waals surface area contributed by atoms with Gasteiger partial charge < -0.3 is 4.98 Å². The number of benzene rings is 2. The number of aryl methyl sites for hydroxylation is 1. The Hall–Kier alpha value is -2.42. The minimum Gasteiger partial charge on any atom is -0.360 e. The molecule has 0 radical (unpaired) electrons. The molecule has 0 aliphatic heterocycles. The molecule has 0 saturated carbocycles. The van der Waals surface area contributed by atoms with E-state index in [9.17, 15) is 9.18 Å². The van der Waals surface area contributed by atoms with Gasteiger partial charge in [-0.2, -0.15) is 0 Å². The van der Waals surface area contributed by atoms with E-state index < -0.39 is 0 Å². The average molecular weight is 267 g/mol. The van der Waals surface area contributed by atoms with Crippen molar-refractivity contribution in [1.82, 2.24) is 4.98 Å². The first kappa shape index (κ1) is 12.6. The molecule has 0 unspecified atom stereocenters. The fourth-order valence-electron chi connectivity index (χ4n) is 2.33. The van der Waals surface area contributed by atoms with Crippen LogP contribution in [0.2, 0.25) is 0 Å². The van der Waals surface area contributed by atoms with Crippen molar-refractivity contribution in [1.29, 1.82) is 0 Å². The van der Waals surface area contributed by atoms with Gasteiger partial charge in [-0.05, 0) is 30.2 Å². The second kappa shape index (κ2) is 4.93. The van der Waals surface area contributed by atoms with Crippen LogP contribution in [0.1, 0.15) is 28.4 Å². The molecule has 1 N–H and O–H groups in total. The van der Waals surface area contributed by atoms with E-state index in [1.807, 2.05) is 24.3 Å². The Kier molecular flexibility index (Phi) is 3.11. The summed E-state index contributed by atoms with van der Waals surface area (Å²) in [6.45, 7) is 2.07.